The van der Waals surface area contributed by atoms with Gasteiger partial charge in [-0.15, -0.1) is 0 Å². The second-order valence-electron chi connectivity index (χ2n) is 8.18. The van der Waals surface area contributed by atoms with Gasteiger partial charge in [0.2, 0.25) is 0 Å². The molecular weight excluding hydrogens is 362 g/mol. The zero-order chi connectivity index (χ0) is 20.2. The molecule has 1 aliphatic heterocycles. The number of imide groups is 1. The Hall–Kier alpha value is -2.75. The van der Waals surface area contributed by atoms with E-state index in [0.717, 1.165) is 44.1 Å². The van der Waals surface area contributed by atoms with Gasteiger partial charge in [0.05, 0.1) is 11.1 Å². The number of ketones is 1. The summed E-state index contributed by atoms with van der Waals surface area (Å²) < 4.78 is 0. The van der Waals surface area contributed by atoms with E-state index >= 15 is 0 Å². The Morgan fingerprint density at radius 1 is 0.793 bits per heavy atom. The van der Waals surface area contributed by atoms with Gasteiger partial charge < -0.3 is 0 Å². The Morgan fingerprint density at radius 2 is 1.31 bits per heavy atom. The van der Waals surface area contributed by atoms with Gasteiger partial charge in [-0.25, -0.2) is 0 Å². The topological polar surface area (TPSA) is 54.5 Å². The lowest BCUT2D eigenvalue weighted by Crippen LogP contribution is -2.48. The van der Waals surface area contributed by atoms with Crippen LogP contribution in [0.1, 0.15) is 71.2 Å². The molecule has 2 aromatic carbocycles. The maximum atomic E-state index is 13.7. The molecule has 4 heteroatoms. The van der Waals surface area contributed by atoms with E-state index in [1.54, 1.807) is 24.3 Å². The molecule has 2 amide bonds. The van der Waals surface area contributed by atoms with Gasteiger partial charge >= 0.3 is 0 Å². The van der Waals surface area contributed by atoms with Crippen molar-refractivity contribution in [3.8, 4) is 0 Å². The van der Waals surface area contributed by atoms with Crippen molar-refractivity contribution < 1.29 is 14.4 Å². The Labute approximate surface area is 171 Å². The Morgan fingerprint density at radius 3 is 1.90 bits per heavy atom. The molecule has 1 fully saturated rings. The van der Waals surface area contributed by atoms with E-state index in [9.17, 15) is 14.4 Å². The van der Waals surface area contributed by atoms with E-state index in [2.05, 4.69) is 0 Å². The van der Waals surface area contributed by atoms with Gasteiger partial charge in [0, 0.05) is 12.3 Å². The van der Waals surface area contributed by atoms with Gasteiger partial charge in [-0.2, -0.15) is 0 Å². The van der Waals surface area contributed by atoms with Crippen molar-refractivity contribution in [2.75, 3.05) is 0 Å². The molecule has 0 unspecified atom stereocenters. The van der Waals surface area contributed by atoms with Crippen molar-refractivity contribution in [2.24, 2.45) is 5.92 Å². The molecule has 4 nitrogen and oxygen atoms in total. The molecule has 2 aliphatic rings. The quantitative estimate of drug-likeness (QED) is 0.689. The highest BCUT2D eigenvalue weighted by atomic mass is 16.2. The molecule has 0 N–H and O–H groups in total. The number of fused-ring (bicyclic) bond motifs is 1. The largest absolute Gasteiger partial charge is 0.297 e. The van der Waals surface area contributed by atoms with Crippen LogP contribution in [0.4, 0.5) is 0 Å². The van der Waals surface area contributed by atoms with Crippen LogP contribution >= 0.6 is 0 Å². The van der Waals surface area contributed by atoms with Crippen molar-refractivity contribution >= 4 is 17.6 Å². The second kappa shape index (κ2) is 8.73. The van der Waals surface area contributed by atoms with E-state index in [4.69, 9.17) is 0 Å². The number of carbonyl (C=O) groups is 3. The fraction of sp³-hybridized carbons (Fsp3) is 0.400. The molecule has 1 aliphatic carbocycles. The third-order valence-electron chi connectivity index (χ3n) is 6.24. The molecule has 0 aromatic heterocycles. The zero-order valence-electron chi connectivity index (χ0n) is 16.7. The highest BCUT2D eigenvalue weighted by molar-refractivity contribution is 6.23. The molecule has 1 atom stereocenters. The van der Waals surface area contributed by atoms with Crippen LogP contribution in [0, 0.1) is 5.92 Å². The van der Waals surface area contributed by atoms with Gasteiger partial charge in [0.15, 0.2) is 5.78 Å². The number of hydrogen-bond acceptors (Lipinski definition) is 3. The molecular formula is C25H27NO3. The van der Waals surface area contributed by atoms with Crippen molar-refractivity contribution in [3.63, 3.8) is 0 Å². The van der Waals surface area contributed by atoms with Crippen molar-refractivity contribution in [1.82, 2.24) is 4.90 Å². The number of benzene rings is 2. The van der Waals surface area contributed by atoms with Crippen molar-refractivity contribution in [2.45, 2.75) is 57.4 Å². The first-order chi connectivity index (χ1) is 14.2. The van der Waals surface area contributed by atoms with Gasteiger partial charge in [0.25, 0.3) is 11.8 Å². The first-order valence-corrected chi connectivity index (χ1v) is 10.7. The minimum atomic E-state index is -0.741. The van der Waals surface area contributed by atoms with Gasteiger partial charge in [0.1, 0.15) is 6.04 Å². The first kappa shape index (κ1) is 19.6. The third-order valence-corrected chi connectivity index (χ3v) is 6.24. The predicted octanol–water partition coefficient (Wildman–Crippen LogP) is 4.82. The van der Waals surface area contributed by atoms with Crippen LogP contribution < -0.4 is 0 Å². The average Bonchev–Trinajstić information content (AvgIpc) is 2.97. The Balaban J connectivity index is 1.66. The maximum Gasteiger partial charge on any atom is 0.262 e. The van der Waals surface area contributed by atoms with Crippen LogP contribution in [-0.2, 0) is 11.2 Å². The number of nitrogens with zero attached hydrogens (tertiary/aromatic N) is 1. The number of Topliss-reactive ketones (excluding diaryl/α,β-unsaturated/α-hetero) is 1. The minimum absolute atomic E-state index is 0.0465. The van der Waals surface area contributed by atoms with Crippen molar-refractivity contribution in [3.05, 3.63) is 71.3 Å². The average molecular weight is 389 g/mol. The fourth-order valence-electron chi connectivity index (χ4n) is 4.66. The third kappa shape index (κ3) is 4.02. The summed E-state index contributed by atoms with van der Waals surface area (Å²) in [4.78, 5) is 41.1. The smallest absolute Gasteiger partial charge is 0.262 e. The van der Waals surface area contributed by atoms with Crippen LogP contribution in [0.5, 0.6) is 0 Å². The van der Waals surface area contributed by atoms with E-state index in [-0.39, 0.29) is 23.5 Å². The summed E-state index contributed by atoms with van der Waals surface area (Å²) in [5.74, 6) is -0.713. The lowest BCUT2D eigenvalue weighted by atomic mass is 9.83. The van der Waals surface area contributed by atoms with Crippen LogP contribution in [0.2, 0.25) is 0 Å². The van der Waals surface area contributed by atoms with E-state index in [1.807, 2.05) is 30.3 Å². The van der Waals surface area contributed by atoms with E-state index < -0.39 is 6.04 Å². The first-order valence-electron chi connectivity index (χ1n) is 10.7. The fourth-order valence-corrected chi connectivity index (χ4v) is 4.66. The molecule has 29 heavy (non-hydrogen) atoms. The molecule has 1 heterocycles. The summed E-state index contributed by atoms with van der Waals surface area (Å²) in [6.07, 6.45) is 7.70. The minimum Gasteiger partial charge on any atom is -0.297 e. The van der Waals surface area contributed by atoms with Crippen LogP contribution in [0.3, 0.4) is 0 Å². The lowest BCUT2D eigenvalue weighted by molar-refractivity contribution is -0.127. The highest BCUT2D eigenvalue weighted by Crippen LogP contribution is 2.30. The monoisotopic (exact) mass is 389 g/mol. The highest BCUT2D eigenvalue weighted by Gasteiger charge is 2.43. The molecule has 1 saturated carbocycles. The van der Waals surface area contributed by atoms with Crippen LogP contribution in [-0.4, -0.2) is 28.5 Å². The molecule has 0 bridgehead atoms. The summed E-state index contributed by atoms with van der Waals surface area (Å²) in [5.41, 5.74) is 1.77. The van der Waals surface area contributed by atoms with Gasteiger partial charge in [-0.3, -0.25) is 19.3 Å². The SMILES string of the molecule is O=C(C1CCCCCCC1)[C@H](Cc1ccccc1)N1C(=O)c2ccccc2C1=O. The van der Waals surface area contributed by atoms with Crippen molar-refractivity contribution in [1.29, 1.82) is 0 Å². The Bertz CT molecular complexity index is 862. The summed E-state index contributed by atoms with van der Waals surface area (Å²) in [7, 11) is 0. The summed E-state index contributed by atoms with van der Waals surface area (Å²) >= 11 is 0. The number of hydrogen-bond donors (Lipinski definition) is 0. The number of amides is 2. The van der Waals surface area contributed by atoms with Crippen LogP contribution in [0.15, 0.2) is 54.6 Å². The standard InChI is InChI=1S/C25H27NO3/c27-23(19-13-7-2-1-3-8-14-19)22(17-18-11-5-4-6-12-18)26-24(28)20-15-9-10-16-21(20)25(26)29/h4-6,9-12,15-16,19,22H,1-3,7-8,13-14,17H2/t22-/m0/s1. The molecule has 0 radical (unpaired) electrons. The lowest BCUT2D eigenvalue weighted by Gasteiger charge is -2.29. The molecule has 150 valence electrons. The molecule has 0 spiro atoms. The normalized spacial score (nSPS) is 18.8. The number of rotatable bonds is 5. The zero-order valence-corrected chi connectivity index (χ0v) is 16.7. The van der Waals surface area contributed by atoms with Gasteiger partial charge in [-0.05, 0) is 30.5 Å². The maximum absolute atomic E-state index is 13.7. The van der Waals surface area contributed by atoms with Gasteiger partial charge in [-0.1, -0.05) is 74.6 Å². The van der Waals surface area contributed by atoms with E-state index in [1.165, 1.54) is 11.3 Å². The van der Waals surface area contributed by atoms with E-state index in [0.29, 0.717) is 17.5 Å². The summed E-state index contributed by atoms with van der Waals surface area (Å²) in [6.45, 7) is 0. The van der Waals surface area contributed by atoms with Crippen LogP contribution in [0.25, 0.3) is 0 Å². The number of carbonyl (C=O) groups excluding carboxylic acids is 3. The molecule has 0 saturated heterocycles. The molecule has 2 aromatic rings. The molecule has 4 rings (SSSR count). The predicted molar refractivity (Wildman–Crippen MR) is 112 cm³/mol. The Kier molecular flexibility index (Phi) is 5.89. The summed E-state index contributed by atoms with van der Waals surface area (Å²) in [6, 6.07) is 15.8. The second-order valence-corrected chi connectivity index (χ2v) is 8.18. The summed E-state index contributed by atoms with van der Waals surface area (Å²) in [5, 5.41) is 0.